The van der Waals surface area contributed by atoms with Gasteiger partial charge in [-0.05, 0) is 24.3 Å². The Hall–Kier alpha value is -1.66. The van der Waals surface area contributed by atoms with Gasteiger partial charge in [0, 0.05) is 16.1 Å². The summed E-state index contributed by atoms with van der Waals surface area (Å²) in [7, 11) is 0. The van der Waals surface area contributed by atoms with Crippen molar-refractivity contribution < 1.29 is 19.8 Å². The molecule has 0 atom stereocenters. The first-order valence-corrected chi connectivity index (χ1v) is 6.46. The molecule has 4 nitrogen and oxygen atoms in total. The Bertz CT molecular complexity index is 616. The molecule has 0 radical (unpaired) electrons. The molecule has 2 N–H and O–H groups in total. The number of carboxylic acids is 1. The second kappa shape index (κ2) is 4.91. The smallest absolute Gasteiger partial charge is 0.346 e. The fourth-order valence-corrected chi connectivity index (χ4v) is 2.50. The van der Waals surface area contributed by atoms with Gasteiger partial charge in [0.2, 0.25) is 5.78 Å². The summed E-state index contributed by atoms with van der Waals surface area (Å²) in [5, 5.41) is 18.4. The van der Waals surface area contributed by atoms with Crippen molar-refractivity contribution in [2.24, 2.45) is 0 Å². The molecule has 0 amide bonds. The highest BCUT2D eigenvalue weighted by molar-refractivity contribution is 9.10. The maximum atomic E-state index is 12.1. The van der Waals surface area contributed by atoms with Gasteiger partial charge in [0.1, 0.15) is 15.5 Å². The number of benzene rings is 1. The summed E-state index contributed by atoms with van der Waals surface area (Å²) in [5.74, 6) is -1.85. The summed E-state index contributed by atoms with van der Waals surface area (Å²) in [5.41, 5.74) is 0.396. The zero-order valence-corrected chi connectivity index (χ0v) is 11.3. The number of aromatic hydroxyl groups is 1. The molecule has 0 spiro atoms. The number of hydrogen-bond acceptors (Lipinski definition) is 4. The zero-order valence-electron chi connectivity index (χ0n) is 8.88. The third-order valence-electron chi connectivity index (χ3n) is 2.24. The van der Waals surface area contributed by atoms with Crippen LogP contribution in [0.15, 0.2) is 34.8 Å². The molecular weight excluding hydrogens is 320 g/mol. The van der Waals surface area contributed by atoms with Crippen molar-refractivity contribution >= 4 is 39.0 Å². The molecule has 0 bridgehead atoms. The highest BCUT2D eigenvalue weighted by Gasteiger charge is 2.20. The van der Waals surface area contributed by atoms with Gasteiger partial charge >= 0.3 is 5.97 Å². The van der Waals surface area contributed by atoms with Crippen LogP contribution < -0.4 is 0 Å². The third kappa shape index (κ3) is 2.44. The number of carbonyl (C=O) groups excluding carboxylic acids is 1. The van der Waals surface area contributed by atoms with Crippen LogP contribution in [-0.2, 0) is 0 Å². The lowest BCUT2D eigenvalue weighted by Crippen LogP contribution is -1.98. The van der Waals surface area contributed by atoms with Crippen LogP contribution in [-0.4, -0.2) is 22.0 Å². The largest absolute Gasteiger partial charge is 0.506 e. The first kappa shape index (κ1) is 12.8. The topological polar surface area (TPSA) is 74.6 Å². The van der Waals surface area contributed by atoms with Gasteiger partial charge in [-0.15, -0.1) is 11.3 Å². The Labute approximate surface area is 115 Å². The number of carboxylic acid groups (broad SMARTS) is 1. The lowest BCUT2D eigenvalue weighted by Gasteiger charge is -1.99. The van der Waals surface area contributed by atoms with E-state index in [1.54, 1.807) is 24.3 Å². The molecule has 0 aliphatic rings. The number of aromatic carboxylic acids is 1. The second-order valence-electron chi connectivity index (χ2n) is 3.47. The molecule has 1 aromatic heterocycles. The van der Waals surface area contributed by atoms with Crippen molar-refractivity contribution in [3.8, 4) is 5.75 Å². The average molecular weight is 327 g/mol. The van der Waals surface area contributed by atoms with E-state index < -0.39 is 11.8 Å². The number of thiophene rings is 1. The van der Waals surface area contributed by atoms with Crippen molar-refractivity contribution in [2.75, 3.05) is 0 Å². The standard InChI is InChI=1S/C12H7BrO4S/c13-7-3-1-6(2-4-7)10(15)11-8(14)5-9(18-11)12(16)17/h1-5,14H,(H,16,17). The summed E-state index contributed by atoms with van der Waals surface area (Å²) < 4.78 is 0.834. The summed E-state index contributed by atoms with van der Waals surface area (Å²) in [6, 6.07) is 7.70. The molecule has 0 aliphatic carbocycles. The fourth-order valence-electron chi connectivity index (χ4n) is 1.38. The molecule has 0 fully saturated rings. The van der Waals surface area contributed by atoms with Gasteiger partial charge in [0.05, 0.1) is 0 Å². The Morgan fingerprint density at radius 1 is 1.17 bits per heavy atom. The summed E-state index contributed by atoms with van der Waals surface area (Å²) in [6.45, 7) is 0. The SMILES string of the molecule is O=C(O)c1cc(O)c(C(=O)c2ccc(Br)cc2)s1. The van der Waals surface area contributed by atoms with E-state index in [9.17, 15) is 14.7 Å². The molecule has 0 unspecified atom stereocenters. The molecule has 2 aromatic rings. The number of hydrogen-bond donors (Lipinski definition) is 2. The number of carbonyl (C=O) groups is 2. The van der Waals surface area contributed by atoms with E-state index >= 15 is 0 Å². The second-order valence-corrected chi connectivity index (χ2v) is 5.43. The summed E-state index contributed by atoms with van der Waals surface area (Å²) >= 11 is 4.02. The van der Waals surface area contributed by atoms with Gasteiger partial charge in [-0.1, -0.05) is 15.9 Å². The van der Waals surface area contributed by atoms with Crippen LogP contribution in [0.3, 0.4) is 0 Å². The molecule has 2 rings (SSSR count). The Kier molecular flexibility index (Phi) is 3.49. The third-order valence-corrected chi connectivity index (χ3v) is 3.88. The van der Waals surface area contributed by atoms with Gasteiger partial charge in [0.25, 0.3) is 0 Å². The van der Waals surface area contributed by atoms with E-state index in [2.05, 4.69) is 15.9 Å². The fraction of sp³-hybridized carbons (Fsp3) is 0. The molecular formula is C12H7BrO4S. The lowest BCUT2D eigenvalue weighted by molar-refractivity contribution is 0.0701. The lowest BCUT2D eigenvalue weighted by atomic mass is 10.1. The van der Waals surface area contributed by atoms with Gasteiger partial charge in [-0.25, -0.2) is 4.79 Å². The van der Waals surface area contributed by atoms with Crippen molar-refractivity contribution in [3.05, 3.63) is 50.1 Å². The predicted molar refractivity (Wildman–Crippen MR) is 70.5 cm³/mol. The van der Waals surface area contributed by atoms with E-state index in [4.69, 9.17) is 5.11 Å². The van der Waals surface area contributed by atoms with Gasteiger partial charge in [0.15, 0.2) is 0 Å². The van der Waals surface area contributed by atoms with E-state index in [0.717, 1.165) is 21.9 Å². The van der Waals surface area contributed by atoms with Gasteiger partial charge < -0.3 is 10.2 Å². The molecule has 1 heterocycles. The Morgan fingerprint density at radius 3 is 2.28 bits per heavy atom. The number of ketones is 1. The van der Waals surface area contributed by atoms with Crippen LogP contribution in [0.4, 0.5) is 0 Å². The number of rotatable bonds is 3. The maximum Gasteiger partial charge on any atom is 0.346 e. The van der Waals surface area contributed by atoms with Crippen LogP contribution in [0, 0.1) is 0 Å². The zero-order chi connectivity index (χ0) is 13.3. The highest BCUT2D eigenvalue weighted by atomic mass is 79.9. The number of halogens is 1. The van der Waals surface area contributed by atoms with Gasteiger partial charge in [-0.2, -0.15) is 0 Å². The molecule has 0 aliphatic heterocycles. The van der Waals surface area contributed by atoms with Crippen LogP contribution in [0.1, 0.15) is 24.9 Å². The van der Waals surface area contributed by atoms with Crippen molar-refractivity contribution in [1.29, 1.82) is 0 Å². The molecule has 92 valence electrons. The first-order valence-electron chi connectivity index (χ1n) is 4.85. The van der Waals surface area contributed by atoms with Crippen molar-refractivity contribution in [3.63, 3.8) is 0 Å². The van der Waals surface area contributed by atoms with E-state index in [0.29, 0.717) is 5.56 Å². The monoisotopic (exact) mass is 326 g/mol. The van der Waals surface area contributed by atoms with E-state index in [1.807, 2.05) is 0 Å². The quantitative estimate of drug-likeness (QED) is 0.849. The molecule has 1 aromatic carbocycles. The molecule has 18 heavy (non-hydrogen) atoms. The molecule has 0 saturated heterocycles. The Balaban J connectivity index is 2.39. The van der Waals surface area contributed by atoms with Crippen LogP contribution in [0.5, 0.6) is 5.75 Å². The highest BCUT2D eigenvalue weighted by Crippen LogP contribution is 2.30. The van der Waals surface area contributed by atoms with Crippen LogP contribution in [0.25, 0.3) is 0 Å². The van der Waals surface area contributed by atoms with E-state index in [-0.39, 0.29) is 15.5 Å². The molecule has 6 heteroatoms. The normalized spacial score (nSPS) is 10.3. The summed E-state index contributed by atoms with van der Waals surface area (Å²) in [6.07, 6.45) is 0. The minimum absolute atomic E-state index is 0.0368. The van der Waals surface area contributed by atoms with Crippen LogP contribution in [0.2, 0.25) is 0 Å². The first-order chi connectivity index (χ1) is 8.49. The van der Waals surface area contributed by atoms with E-state index in [1.165, 1.54) is 0 Å². The predicted octanol–water partition coefficient (Wildman–Crippen LogP) is 3.15. The minimum atomic E-state index is -1.16. The van der Waals surface area contributed by atoms with Crippen molar-refractivity contribution in [2.45, 2.75) is 0 Å². The van der Waals surface area contributed by atoms with Crippen LogP contribution >= 0.6 is 27.3 Å². The molecule has 0 saturated carbocycles. The minimum Gasteiger partial charge on any atom is -0.506 e. The van der Waals surface area contributed by atoms with Crippen molar-refractivity contribution in [1.82, 2.24) is 0 Å². The average Bonchev–Trinajstić information content (AvgIpc) is 2.71. The van der Waals surface area contributed by atoms with Gasteiger partial charge in [-0.3, -0.25) is 4.79 Å². The Morgan fingerprint density at radius 2 is 1.78 bits per heavy atom. The summed E-state index contributed by atoms with van der Waals surface area (Å²) in [4.78, 5) is 22.8. The maximum absolute atomic E-state index is 12.1.